The number of esters is 1. The Kier molecular flexibility index (Phi) is 4.67. The number of carbonyl (C=O) groups excluding carboxylic acids is 1. The molecular formula is C15H20N4O5S. The van der Waals surface area contributed by atoms with Crippen LogP contribution in [0.25, 0.3) is 0 Å². The molecule has 0 spiro atoms. The number of nitrogens with one attached hydrogen (secondary N) is 1. The lowest BCUT2D eigenvalue weighted by Gasteiger charge is -2.33. The second-order valence-corrected chi connectivity index (χ2v) is 7.58. The van der Waals surface area contributed by atoms with Crippen molar-refractivity contribution < 1.29 is 22.4 Å². The summed E-state index contributed by atoms with van der Waals surface area (Å²) in [5.74, 6) is 0.199. The Morgan fingerprint density at radius 1 is 1.48 bits per heavy atom. The van der Waals surface area contributed by atoms with Crippen LogP contribution in [0.1, 0.15) is 28.0 Å². The molecule has 1 aliphatic rings. The van der Waals surface area contributed by atoms with Crippen LogP contribution in [0.3, 0.4) is 0 Å². The molecule has 1 unspecified atom stereocenters. The maximum atomic E-state index is 13.1. The Morgan fingerprint density at radius 3 is 2.88 bits per heavy atom. The first kappa shape index (κ1) is 17.6. The summed E-state index contributed by atoms with van der Waals surface area (Å²) in [4.78, 5) is 16.0. The summed E-state index contributed by atoms with van der Waals surface area (Å²) in [6.45, 7) is 2.75. The number of aryl methyl sites for hydroxylation is 2. The molecule has 10 heteroatoms. The first-order chi connectivity index (χ1) is 11.9. The topological polar surface area (TPSA) is 107 Å². The van der Waals surface area contributed by atoms with Gasteiger partial charge in [0.15, 0.2) is 0 Å². The molecule has 1 aliphatic heterocycles. The van der Waals surface area contributed by atoms with Crippen molar-refractivity contribution in [3.63, 3.8) is 0 Å². The van der Waals surface area contributed by atoms with Crippen molar-refractivity contribution in [3.8, 4) is 0 Å². The first-order valence-corrected chi connectivity index (χ1v) is 9.18. The van der Waals surface area contributed by atoms with Gasteiger partial charge in [0.2, 0.25) is 5.09 Å². The molecule has 2 aromatic heterocycles. The molecular weight excluding hydrogens is 348 g/mol. The molecule has 0 aromatic carbocycles. The van der Waals surface area contributed by atoms with E-state index in [-0.39, 0.29) is 23.0 Å². The van der Waals surface area contributed by atoms with Gasteiger partial charge in [-0.2, -0.15) is 4.31 Å². The van der Waals surface area contributed by atoms with E-state index in [1.54, 1.807) is 17.0 Å². The smallest absolute Gasteiger partial charge is 0.341 e. The van der Waals surface area contributed by atoms with E-state index in [2.05, 4.69) is 15.0 Å². The Labute approximate surface area is 145 Å². The Hall–Kier alpha value is -2.17. The van der Waals surface area contributed by atoms with E-state index in [9.17, 15) is 13.2 Å². The molecule has 9 nitrogen and oxygen atoms in total. The van der Waals surface area contributed by atoms with E-state index in [1.807, 2.05) is 7.05 Å². The van der Waals surface area contributed by atoms with Crippen molar-refractivity contribution >= 4 is 16.0 Å². The van der Waals surface area contributed by atoms with E-state index >= 15 is 0 Å². The summed E-state index contributed by atoms with van der Waals surface area (Å²) in [5.41, 5.74) is 0.102. The third-order valence-corrected chi connectivity index (χ3v) is 5.98. The van der Waals surface area contributed by atoms with Gasteiger partial charge in [0.25, 0.3) is 10.0 Å². The molecule has 0 aliphatic carbocycles. The summed E-state index contributed by atoms with van der Waals surface area (Å²) in [6.07, 6.45) is 3.39. The van der Waals surface area contributed by atoms with E-state index < -0.39 is 22.0 Å². The van der Waals surface area contributed by atoms with Crippen LogP contribution in [0.5, 0.6) is 0 Å². The number of carbonyl (C=O) groups is 1. The molecule has 3 rings (SSSR count). The minimum atomic E-state index is -3.93. The monoisotopic (exact) mass is 368 g/mol. The first-order valence-electron chi connectivity index (χ1n) is 7.74. The quantitative estimate of drug-likeness (QED) is 0.781. The fourth-order valence-corrected chi connectivity index (χ4v) is 4.47. The Balaban J connectivity index is 2.00. The van der Waals surface area contributed by atoms with Crippen LogP contribution in [-0.2, 0) is 21.8 Å². The van der Waals surface area contributed by atoms with E-state index in [0.29, 0.717) is 18.9 Å². The van der Waals surface area contributed by atoms with Crippen LogP contribution >= 0.6 is 0 Å². The van der Waals surface area contributed by atoms with E-state index in [0.717, 1.165) is 0 Å². The SMILES string of the molecule is COC(=O)c1cc(S(=O)(=O)N2CCNCC2c2nccn2C)oc1C. The second kappa shape index (κ2) is 6.62. The average molecular weight is 368 g/mol. The fraction of sp³-hybridized carbons (Fsp3) is 0.467. The van der Waals surface area contributed by atoms with Crippen LogP contribution in [-0.4, -0.2) is 55.0 Å². The molecule has 0 bridgehead atoms. The zero-order valence-electron chi connectivity index (χ0n) is 14.2. The summed E-state index contributed by atoms with van der Waals surface area (Å²) < 4.78 is 39.4. The van der Waals surface area contributed by atoms with Gasteiger partial charge in [-0.05, 0) is 6.92 Å². The predicted molar refractivity (Wildman–Crippen MR) is 87.5 cm³/mol. The second-order valence-electron chi connectivity index (χ2n) is 5.76. The molecule has 2 aromatic rings. The number of sulfonamides is 1. The standard InChI is InChI=1S/C15H20N4O5S/c1-10-11(15(20)23-3)8-13(24-10)25(21,22)19-7-4-16-9-12(19)14-17-5-6-18(14)2/h5-6,8,12,16H,4,7,9H2,1-3H3. The summed E-state index contributed by atoms with van der Waals surface area (Å²) >= 11 is 0. The summed E-state index contributed by atoms with van der Waals surface area (Å²) in [5, 5.41) is 2.91. The van der Waals surface area contributed by atoms with Crippen molar-refractivity contribution in [2.75, 3.05) is 26.7 Å². The number of nitrogens with zero attached hydrogens (tertiary/aromatic N) is 3. The molecule has 1 atom stereocenters. The summed E-state index contributed by atoms with van der Waals surface area (Å²) in [7, 11) is -0.886. The van der Waals surface area contributed by atoms with Crippen LogP contribution < -0.4 is 5.32 Å². The third kappa shape index (κ3) is 3.08. The van der Waals surface area contributed by atoms with Crippen LogP contribution in [0.15, 0.2) is 28.0 Å². The van der Waals surface area contributed by atoms with Crippen molar-refractivity contribution in [1.29, 1.82) is 0 Å². The molecule has 1 fully saturated rings. The number of ether oxygens (including phenoxy) is 1. The largest absolute Gasteiger partial charge is 0.465 e. The van der Waals surface area contributed by atoms with Gasteiger partial charge in [0.05, 0.1) is 13.2 Å². The van der Waals surface area contributed by atoms with Crippen molar-refractivity contribution in [2.24, 2.45) is 7.05 Å². The lowest BCUT2D eigenvalue weighted by molar-refractivity contribution is 0.0598. The van der Waals surface area contributed by atoms with Gasteiger partial charge >= 0.3 is 5.97 Å². The molecule has 0 radical (unpaired) electrons. The number of aromatic nitrogens is 2. The molecule has 1 N–H and O–H groups in total. The van der Waals surface area contributed by atoms with Crippen LogP contribution in [0, 0.1) is 6.92 Å². The highest BCUT2D eigenvalue weighted by molar-refractivity contribution is 7.89. The van der Waals surface area contributed by atoms with Crippen molar-refractivity contribution in [1.82, 2.24) is 19.2 Å². The molecule has 0 saturated carbocycles. The maximum Gasteiger partial charge on any atom is 0.341 e. The maximum absolute atomic E-state index is 13.1. The number of methoxy groups -OCH3 is 1. The number of hydrogen-bond acceptors (Lipinski definition) is 7. The molecule has 3 heterocycles. The van der Waals surface area contributed by atoms with E-state index in [4.69, 9.17) is 4.42 Å². The highest BCUT2D eigenvalue weighted by Gasteiger charge is 2.38. The highest BCUT2D eigenvalue weighted by atomic mass is 32.2. The van der Waals surface area contributed by atoms with Gasteiger partial charge < -0.3 is 19.0 Å². The van der Waals surface area contributed by atoms with Gasteiger partial charge in [0, 0.05) is 45.1 Å². The Bertz CT molecular complexity index is 886. The van der Waals surface area contributed by atoms with Crippen molar-refractivity contribution in [3.05, 3.63) is 35.6 Å². The van der Waals surface area contributed by atoms with Gasteiger partial charge in [-0.15, -0.1) is 0 Å². The number of hydrogen-bond donors (Lipinski definition) is 1. The van der Waals surface area contributed by atoms with Crippen LogP contribution in [0.2, 0.25) is 0 Å². The predicted octanol–water partition coefficient (Wildman–Crippen LogP) is 0.443. The minimum Gasteiger partial charge on any atom is -0.465 e. The zero-order chi connectivity index (χ0) is 18.2. The molecule has 136 valence electrons. The van der Waals surface area contributed by atoms with Crippen molar-refractivity contribution in [2.45, 2.75) is 18.1 Å². The summed E-state index contributed by atoms with van der Waals surface area (Å²) in [6, 6.07) is 0.749. The lowest BCUT2D eigenvalue weighted by atomic mass is 10.2. The average Bonchev–Trinajstić information content (AvgIpc) is 3.20. The van der Waals surface area contributed by atoms with Gasteiger partial charge in [-0.3, -0.25) is 0 Å². The third-order valence-electron chi connectivity index (χ3n) is 4.21. The molecule has 0 amide bonds. The highest BCUT2D eigenvalue weighted by Crippen LogP contribution is 2.30. The number of furan rings is 1. The normalized spacial score (nSPS) is 19.1. The number of piperazine rings is 1. The molecule has 1 saturated heterocycles. The van der Waals surface area contributed by atoms with Crippen LogP contribution in [0.4, 0.5) is 0 Å². The van der Waals surface area contributed by atoms with Gasteiger partial charge in [0.1, 0.15) is 17.1 Å². The lowest BCUT2D eigenvalue weighted by Crippen LogP contribution is -2.49. The fourth-order valence-electron chi connectivity index (χ4n) is 2.90. The minimum absolute atomic E-state index is 0.102. The Morgan fingerprint density at radius 2 is 2.24 bits per heavy atom. The van der Waals surface area contributed by atoms with Gasteiger partial charge in [-0.1, -0.05) is 0 Å². The number of rotatable bonds is 4. The molecule has 25 heavy (non-hydrogen) atoms. The van der Waals surface area contributed by atoms with Gasteiger partial charge in [-0.25, -0.2) is 18.2 Å². The van der Waals surface area contributed by atoms with E-state index in [1.165, 1.54) is 24.4 Å². The number of imidazole rings is 1. The zero-order valence-corrected chi connectivity index (χ0v) is 15.0.